The number of nitrogens with zero attached hydrogens (tertiary/aromatic N) is 3. The first kappa shape index (κ1) is 16.4. The Morgan fingerprint density at radius 3 is 2.75 bits per heavy atom. The minimum absolute atomic E-state index is 0.196. The van der Waals surface area contributed by atoms with Gasteiger partial charge in [-0.3, -0.25) is 19.3 Å². The summed E-state index contributed by atoms with van der Waals surface area (Å²) in [7, 11) is 1.92. The van der Waals surface area contributed by atoms with E-state index in [-0.39, 0.29) is 37.1 Å². The summed E-state index contributed by atoms with van der Waals surface area (Å²) in [4.78, 5) is 41.6. The molecule has 2 aromatic heterocycles. The van der Waals surface area contributed by atoms with Crippen LogP contribution in [0.3, 0.4) is 0 Å². The number of aromatic nitrogens is 2. The predicted molar refractivity (Wildman–Crippen MR) is 89.2 cm³/mol. The molecule has 0 aliphatic carbocycles. The van der Waals surface area contributed by atoms with Gasteiger partial charge >= 0.3 is 0 Å². The number of hydrogen-bond acceptors (Lipinski definition) is 5. The summed E-state index contributed by atoms with van der Waals surface area (Å²) in [5.74, 6) is -0.0157. The Bertz CT molecular complexity index is 750. The Hall–Kier alpha value is -2.48. The molecule has 0 atom stereocenters. The zero-order chi connectivity index (χ0) is 17.1. The van der Waals surface area contributed by atoms with E-state index in [1.54, 1.807) is 11.3 Å². The second-order valence-corrected chi connectivity index (χ2v) is 6.55. The van der Waals surface area contributed by atoms with E-state index in [9.17, 15) is 14.4 Å². The van der Waals surface area contributed by atoms with Crippen molar-refractivity contribution in [3.8, 4) is 10.6 Å². The molecule has 7 nitrogen and oxygen atoms in total. The molecule has 0 saturated carbocycles. The highest BCUT2D eigenvalue weighted by Crippen LogP contribution is 2.23. The van der Waals surface area contributed by atoms with Gasteiger partial charge in [0.1, 0.15) is 12.4 Å². The highest BCUT2D eigenvalue weighted by atomic mass is 32.1. The maximum atomic E-state index is 11.9. The van der Waals surface area contributed by atoms with Gasteiger partial charge in [-0.05, 0) is 11.4 Å². The molecule has 2 aromatic rings. The zero-order valence-electron chi connectivity index (χ0n) is 13.3. The smallest absolute Gasteiger partial charge is 0.240 e. The molecule has 1 aliphatic heterocycles. The van der Waals surface area contributed by atoms with Crippen LogP contribution in [0.4, 0.5) is 0 Å². The highest BCUT2D eigenvalue weighted by molar-refractivity contribution is 7.13. The number of nitrogens with one attached hydrogen (secondary N) is 1. The zero-order valence-corrected chi connectivity index (χ0v) is 14.1. The van der Waals surface area contributed by atoms with Gasteiger partial charge < -0.3 is 9.88 Å². The lowest BCUT2D eigenvalue weighted by Gasteiger charge is -2.13. The number of carbonyl (C=O) groups is 3. The van der Waals surface area contributed by atoms with E-state index >= 15 is 0 Å². The lowest BCUT2D eigenvalue weighted by molar-refractivity contribution is -0.142. The van der Waals surface area contributed by atoms with Gasteiger partial charge in [0.15, 0.2) is 0 Å². The number of aryl methyl sites for hydroxylation is 1. The summed E-state index contributed by atoms with van der Waals surface area (Å²) in [6.45, 7) is 0.211. The van der Waals surface area contributed by atoms with Crippen LogP contribution in [0.5, 0.6) is 0 Å². The van der Waals surface area contributed by atoms with Crippen LogP contribution in [0.25, 0.3) is 10.6 Å². The third-order valence-electron chi connectivity index (χ3n) is 3.87. The molecule has 3 heterocycles. The van der Waals surface area contributed by atoms with E-state index < -0.39 is 0 Å². The average molecular weight is 346 g/mol. The Balaban J connectivity index is 1.50. The van der Waals surface area contributed by atoms with Gasteiger partial charge in [0, 0.05) is 39.1 Å². The van der Waals surface area contributed by atoms with E-state index in [0.29, 0.717) is 13.0 Å². The van der Waals surface area contributed by atoms with Crippen LogP contribution < -0.4 is 5.32 Å². The van der Waals surface area contributed by atoms with Crippen LogP contribution >= 0.6 is 11.3 Å². The van der Waals surface area contributed by atoms with Crippen LogP contribution in [0, 0.1) is 0 Å². The van der Waals surface area contributed by atoms with Crippen LogP contribution in [0.2, 0.25) is 0 Å². The van der Waals surface area contributed by atoms with Crippen molar-refractivity contribution < 1.29 is 14.4 Å². The fourth-order valence-electron chi connectivity index (χ4n) is 2.59. The SMILES string of the molecule is Cn1cc(-c2cccs2)nc1CCNC(=O)CN1C(=O)CCC1=O. The number of amides is 3. The van der Waals surface area contributed by atoms with Crippen molar-refractivity contribution in [1.29, 1.82) is 0 Å². The van der Waals surface area contributed by atoms with Crippen molar-refractivity contribution in [2.75, 3.05) is 13.1 Å². The summed E-state index contributed by atoms with van der Waals surface area (Å²) in [5.41, 5.74) is 0.919. The molecule has 24 heavy (non-hydrogen) atoms. The second kappa shape index (κ2) is 6.96. The van der Waals surface area contributed by atoms with Gasteiger partial charge in [-0.2, -0.15) is 0 Å². The molecule has 1 aliphatic rings. The van der Waals surface area contributed by atoms with E-state index in [1.807, 2.05) is 35.3 Å². The highest BCUT2D eigenvalue weighted by Gasteiger charge is 2.30. The normalized spacial score (nSPS) is 14.5. The maximum absolute atomic E-state index is 11.9. The average Bonchev–Trinajstić information content (AvgIpc) is 3.25. The van der Waals surface area contributed by atoms with Crippen LogP contribution in [-0.4, -0.2) is 45.3 Å². The first-order chi connectivity index (χ1) is 11.5. The van der Waals surface area contributed by atoms with Gasteiger partial charge in [0.2, 0.25) is 17.7 Å². The van der Waals surface area contributed by atoms with E-state index in [1.165, 1.54) is 0 Å². The summed E-state index contributed by atoms with van der Waals surface area (Å²) in [6.07, 6.45) is 2.94. The largest absolute Gasteiger partial charge is 0.354 e. The van der Waals surface area contributed by atoms with E-state index in [0.717, 1.165) is 21.3 Å². The molecule has 0 spiro atoms. The Labute approximate surface area is 143 Å². The van der Waals surface area contributed by atoms with Crippen molar-refractivity contribution >= 4 is 29.1 Å². The molecule has 3 rings (SSSR count). The molecule has 0 bridgehead atoms. The molecule has 0 unspecified atom stereocenters. The van der Waals surface area contributed by atoms with Gasteiger partial charge in [0.25, 0.3) is 0 Å². The van der Waals surface area contributed by atoms with Gasteiger partial charge in [-0.15, -0.1) is 11.3 Å². The summed E-state index contributed by atoms with van der Waals surface area (Å²) < 4.78 is 1.94. The molecule has 8 heteroatoms. The molecule has 126 valence electrons. The summed E-state index contributed by atoms with van der Waals surface area (Å²) in [6, 6.07) is 4.00. The van der Waals surface area contributed by atoms with Gasteiger partial charge in [-0.1, -0.05) is 6.07 Å². The molecule has 1 fully saturated rings. The standard InChI is InChI=1S/C16H18N4O3S/c1-19-9-11(12-3-2-8-24-12)18-13(19)6-7-17-14(21)10-20-15(22)4-5-16(20)23/h2-3,8-9H,4-7,10H2,1H3,(H,17,21). The lowest BCUT2D eigenvalue weighted by Crippen LogP contribution is -2.40. The number of imide groups is 1. The molecular weight excluding hydrogens is 328 g/mol. The van der Waals surface area contributed by atoms with Crippen LogP contribution in [0.15, 0.2) is 23.7 Å². The predicted octanol–water partition coefficient (Wildman–Crippen LogP) is 0.956. The molecule has 1 saturated heterocycles. The number of hydrogen-bond donors (Lipinski definition) is 1. The fraction of sp³-hybridized carbons (Fsp3) is 0.375. The Morgan fingerprint density at radius 1 is 1.33 bits per heavy atom. The minimum atomic E-state index is -0.328. The van der Waals surface area contributed by atoms with Crippen molar-refractivity contribution in [3.05, 3.63) is 29.5 Å². The first-order valence-corrected chi connectivity index (χ1v) is 8.58. The number of carbonyl (C=O) groups excluding carboxylic acids is 3. The maximum Gasteiger partial charge on any atom is 0.240 e. The quantitative estimate of drug-likeness (QED) is 0.790. The lowest BCUT2D eigenvalue weighted by atomic mass is 10.3. The summed E-state index contributed by atoms with van der Waals surface area (Å²) in [5, 5.41) is 4.74. The second-order valence-electron chi connectivity index (χ2n) is 5.60. The van der Waals surface area contributed by atoms with Crippen LogP contribution in [-0.2, 0) is 27.9 Å². The van der Waals surface area contributed by atoms with E-state index in [4.69, 9.17) is 0 Å². The minimum Gasteiger partial charge on any atom is -0.354 e. The van der Waals surface area contributed by atoms with Crippen molar-refractivity contribution in [2.45, 2.75) is 19.3 Å². The molecule has 0 aromatic carbocycles. The van der Waals surface area contributed by atoms with E-state index in [2.05, 4.69) is 10.3 Å². The number of likely N-dealkylation sites (tertiary alicyclic amines) is 1. The fourth-order valence-corrected chi connectivity index (χ4v) is 3.27. The van der Waals surface area contributed by atoms with Crippen LogP contribution in [0.1, 0.15) is 18.7 Å². The number of thiophene rings is 1. The Kier molecular flexibility index (Phi) is 4.75. The monoisotopic (exact) mass is 346 g/mol. The van der Waals surface area contributed by atoms with Crippen molar-refractivity contribution in [1.82, 2.24) is 19.8 Å². The third kappa shape index (κ3) is 3.53. The molecule has 0 radical (unpaired) electrons. The molecular formula is C16H18N4O3S. The number of imidazole rings is 1. The molecule has 3 amide bonds. The van der Waals surface area contributed by atoms with Crippen molar-refractivity contribution in [3.63, 3.8) is 0 Å². The molecule has 1 N–H and O–H groups in total. The van der Waals surface area contributed by atoms with Gasteiger partial charge in [-0.25, -0.2) is 4.98 Å². The number of rotatable bonds is 6. The first-order valence-electron chi connectivity index (χ1n) is 7.70. The van der Waals surface area contributed by atoms with Gasteiger partial charge in [0.05, 0.1) is 10.6 Å². The summed E-state index contributed by atoms with van der Waals surface area (Å²) >= 11 is 1.63. The van der Waals surface area contributed by atoms with Crippen molar-refractivity contribution in [2.24, 2.45) is 7.05 Å². The topological polar surface area (TPSA) is 84.3 Å². The third-order valence-corrected chi connectivity index (χ3v) is 4.77. The Morgan fingerprint density at radius 2 is 2.08 bits per heavy atom.